The molecule has 0 atom stereocenters. The van der Waals surface area contributed by atoms with Crippen LogP contribution < -0.4 is 10.6 Å². The number of aromatic nitrogens is 3. The third-order valence-electron chi connectivity index (χ3n) is 4.04. The standard InChI is InChI=1S/C17H23N5O/c1-23-12-15-10-16(20-11-13-2-6-18-7-3-13)22-17(21-15)14-4-8-19-9-5-14/h4-5,8-10,13,18H,2-3,6-7,11-12H2,1H3,(H,20,21,22). The normalized spacial score (nSPS) is 15.5. The van der Waals surface area contributed by atoms with E-state index >= 15 is 0 Å². The highest BCUT2D eigenvalue weighted by atomic mass is 16.5. The second-order valence-corrected chi connectivity index (χ2v) is 5.81. The van der Waals surface area contributed by atoms with Gasteiger partial charge in [-0.3, -0.25) is 4.98 Å². The summed E-state index contributed by atoms with van der Waals surface area (Å²) in [5.41, 5.74) is 1.84. The van der Waals surface area contributed by atoms with Gasteiger partial charge in [0.1, 0.15) is 5.82 Å². The van der Waals surface area contributed by atoms with Gasteiger partial charge in [-0.25, -0.2) is 9.97 Å². The van der Waals surface area contributed by atoms with Gasteiger partial charge in [-0.1, -0.05) is 0 Å². The fourth-order valence-electron chi connectivity index (χ4n) is 2.77. The van der Waals surface area contributed by atoms with Crippen LogP contribution in [-0.2, 0) is 11.3 Å². The van der Waals surface area contributed by atoms with Gasteiger partial charge in [-0.15, -0.1) is 0 Å². The molecule has 0 aromatic carbocycles. The van der Waals surface area contributed by atoms with Crippen molar-refractivity contribution in [1.82, 2.24) is 20.3 Å². The van der Waals surface area contributed by atoms with Crippen molar-refractivity contribution in [3.05, 3.63) is 36.3 Å². The molecule has 0 bridgehead atoms. The predicted molar refractivity (Wildman–Crippen MR) is 90.1 cm³/mol. The van der Waals surface area contributed by atoms with Crippen molar-refractivity contribution in [2.24, 2.45) is 5.92 Å². The Kier molecular flexibility index (Phi) is 5.50. The predicted octanol–water partition coefficient (Wildman–Crippen LogP) is 2.10. The molecule has 2 N–H and O–H groups in total. The van der Waals surface area contributed by atoms with Crippen LogP contribution in [0.25, 0.3) is 11.4 Å². The summed E-state index contributed by atoms with van der Waals surface area (Å²) >= 11 is 0. The molecular formula is C17H23N5O. The molecule has 0 spiro atoms. The van der Waals surface area contributed by atoms with E-state index in [1.807, 2.05) is 18.2 Å². The lowest BCUT2D eigenvalue weighted by Gasteiger charge is -2.23. The first-order chi connectivity index (χ1) is 11.3. The summed E-state index contributed by atoms with van der Waals surface area (Å²) < 4.78 is 5.23. The first kappa shape index (κ1) is 15.8. The van der Waals surface area contributed by atoms with Crippen LogP contribution in [0.1, 0.15) is 18.5 Å². The quantitative estimate of drug-likeness (QED) is 0.851. The summed E-state index contributed by atoms with van der Waals surface area (Å²) in [5, 5.41) is 6.87. The van der Waals surface area contributed by atoms with Crippen LogP contribution in [0.4, 0.5) is 5.82 Å². The van der Waals surface area contributed by atoms with E-state index in [2.05, 4.69) is 25.6 Å². The summed E-state index contributed by atoms with van der Waals surface area (Å²) in [7, 11) is 1.68. The second-order valence-electron chi connectivity index (χ2n) is 5.81. The highest BCUT2D eigenvalue weighted by Gasteiger charge is 2.13. The van der Waals surface area contributed by atoms with Crippen molar-refractivity contribution >= 4 is 5.82 Å². The minimum atomic E-state index is 0.475. The molecular weight excluding hydrogens is 290 g/mol. The number of methoxy groups -OCH3 is 1. The molecule has 1 aliphatic rings. The summed E-state index contributed by atoms with van der Waals surface area (Å²) in [4.78, 5) is 13.3. The molecule has 23 heavy (non-hydrogen) atoms. The number of pyridine rings is 1. The zero-order valence-corrected chi connectivity index (χ0v) is 13.5. The summed E-state index contributed by atoms with van der Waals surface area (Å²) in [5.74, 6) is 2.26. The third-order valence-corrected chi connectivity index (χ3v) is 4.04. The van der Waals surface area contributed by atoms with Crippen LogP contribution in [0.5, 0.6) is 0 Å². The zero-order valence-electron chi connectivity index (χ0n) is 13.5. The smallest absolute Gasteiger partial charge is 0.161 e. The average Bonchev–Trinajstić information content (AvgIpc) is 2.62. The van der Waals surface area contributed by atoms with E-state index in [1.54, 1.807) is 19.5 Å². The van der Waals surface area contributed by atoms with E-state index in [4.69, 9.17) is 4.74 Å². The van der Waals surface area contributed by atoms with Crippen molar-refractivity contribution < 1.29 is 4.74 Å². The molecule has 0 aliphatic carbocycles. The van der Waals surface area contributed by atoms with Crippen LogP contribution >= 0.6 is 0 Å². The van der Waals surface area contributed by atoms with E-state index < -0.39 is 0 Å². The Bertz CT molecular complexity index is 614. The number of anilines is 1. The van der Waals surface area contributed by atoms with Crippen LogP contribution in [0.3, 0.4) is 0 Å². The molecule has 0 saturated carbocycles. The van der Waals surface area contributed by atoms with Crippen molar-refractivity contribution in [2.75, 3.05) is 32.1 Å². The molecule has 0 radical (unpaired) electrons. The lowest BCUT2D eigenvalue weighted by atomic mass is 9.98. The van der Waals surface area contributed by atoms with Gasteiger partial charge in [0.05, 0.1) is 12.3 Å². The Morgan fingerprint density at radius 1 is 1.22 bits per heavy atom. The average molecular weight is 313 g/mol. The number of nitrogens with one attached hydrogen (secondary N) is 2. The summed E-state index contributed by atoms with van der Waals surface area (Å²) in [6, 6.07) is 5.81. The molecule has 122 valence electrons. The first-order valence-corrected chi connectivity index (χ1v) is 8.07. The number of hydrogen-bond acceptors (Lipinski definition) is 6. The lowest BCUT2D eigenvalue weighted by Crippen LogP contribution is -2.31. The lowest BCUT2D eigenvalue weighted by molar-refractivity contribution is 0.181. The zero-order chi connectivity index (χ0) is 15.9. The van der Waals surface area contributed by atoms with Gasteiger partial charge < -0.3 is 15.4 Å². The largest absolute Gasteiger partial charge is 0.378 e. The number of hydrogen-bond donors (Lipinski definition) is 2. The van der Waals surface area contributed by atoms with Crippen molar-refractivity contribution in [1.29, 1.82) is 0 Å². The molecule has 1 saturated heterocycles. The van der Waals surface area contributed by atoms with Gasteiger partial charge in [0, 0.05) is 37.7 Å². The maximum atomic E-state index is 5.23. The number of rotatable bonds is 6. The Morgan fingerprint density at radius 2 is 2.00 bits per heavy atom. The van der Waals surface area contributed by atoms with Gasteiger partial charge >= 0.3 is 0 Å². The van der Waals surface area contributed by atoms with Crippen molar-refractivity contribution in [2.45, 2.75) is 19.4 Å². The van der Waals surface area contributed by atoms with Gasteiger partial charge in [-0.2, -0.15) is 0 Å². The monoisotopic (exact) mass is 313 g/mol. The Labute approximate surface area is 136 Å². The molecule has 6 nitrogen and oxygen atoms in total. The van der Waals surface area contributed by atoms with Crippen LogP contribution in [0, 0.1) is 5.92 Å². The van der Waals surface area contributed by atoms with Crippen LogP contribution in [-0.4, -0.2) is 41.7 Å². The highest BCUT2D eigenvalue weighted by molar-refractivity contribution is 5.56. The molecule has 0 unspecified atom stereocenters. The molecule has 1 aliphatic heterocycles. The van der Waals surface area contributed by atoms with E-state index in [-0.39, 0.29) is 0 Å². The van der Waals surface area contributed by atoms with Crippen molar-refractivity contribution in [3.63, 3.8) is 0 Å². The first-order valence-electron chi connectivity index (χ1n) is 8.07. The highest BCUT2D eigenvalue weighted by Crippen LogP contribution is 2.19. The molecule has 1 fully saturated rings. The topological polar surface area (TPSA) is 72.0 Å². The number of nitrogens with zero attached hydrogens (tertiary/aromatic N) is 3. The molecule has 3 rings (SSSR count). The number of piperidine rings is 1. The molecule has 3 heterocycles. The van der Waals surface area contributed by atoms with Gasteiger partial charge in [-0.05, 0) is 44.0 Å². The number of ether oxygens (including phenoxy) is 1. The Balaban J connectivity index is 1.76. The third kappa shape index (κ3) is 4.46. The molecule has 2 aromatic rings. The summed E-state index contributed by atoms with van der Waals surface area (Å²) in [6.45, 7) is 3.63. The fraction of sp³-hybridized carbons (Fsp3) is 0.471. The van der Waals surface area contributed by atoms with E-state index in [0.717, 1.165) is 36.7 Å². The SMILES string of the molecule is COCc1cc(NCC2CCNCC2)nc(-c2ccncc2)n1. The minimum Gasteiger partial charge on any atom is -0.378 e. The van der Waals surface area contributed by atoms with Gasteiger partial charge in [0.2, 0.25) is 0 Å². The van der Waals surface area contributed by atoms with Crippen LogP contribution in [0.15, 0.2) is 30.6 Å². The molecule has 0 amide bonds. The fourth-order valence-corrected chi connectivity index (χ4v) is 2.77. The molecule has 2 aromatic heterocycles. The van der Waals surface area contributed by atoms with Crippen molar-refractivity contribution in [3.8, 4) is 11.4 Å². The van der Waals surface area contributed by atoms with E-state index in [9.17, 15) is 0 Å². The maximum Gasteiger partial charge on any atom is 0.161 e. The van der Waals surface area contributed by atoms with E-state index in [0.29, 0.717) is 18.3 Å². The molecule has 6 heteroatoms. The Hall–Kier alpha value is -2.05. The van der Waals surface area contributed by atoms with Crippen LogP contribution in [0.2, 0.25) is 0 Å². The second kappa shape index (κ2) is 7.99. The minimum absolute atomic E-state index is 0.475. The van der Waals surface area contributed by atoms with E-state index in [1.165, 1.54) is 12.8 Å². The van der Waals surface area contributed by atoms with Gasteiger partial charge in [0.15, 0.2) is 5.82 Å². The Morgan fingerprint density at radius 3 is 2.74 bits per heavy atom. The maximum absolute atomic E-state index is 5.23. The summed E-state index contributed by atoms with van der Waals surface area (Å²) in [6.07, 6.45) is 5.92. The van der Waals surface area contributed by atoms with Gasteiger partial charge in [0.25, 0.3) is 0 Å².